The summed E-state index contributed by atoms with van der Waals surface area (Å²) >= 11 is 0. The van der Waals surface area contributed by atoms with Gasteiger partial charge in [0, 0.05) is 25.3 Å². The molecule has 106 valence electrons. The Hall–Kier alpha value is -1.09. The van der Waals surface area contributed by atoms with Gasteiger partial charge in [0.05, 0.1) is 0 Å². The molecule has 1 aromatic heterocycles. The predicted molar refractivity (Wildman–Crippen MR) is 81.3 cm³/mol. The first-order valence-corrected chi connectivity index (χ1v) is 7.66. The van der Waals surface area contributed by atoms with E-state index < -0.39 is 0 Å². The molecule has 0 saturated carbocycles. The summed E-state index contributed by atoms with van der Waals surface area (Å²) in [4.78, 5) is 7.17. The van der Waals surface area contributed by atoms with Crippen LogP contribution in [0.15, 0.2) is 12.1 Å². The number of aryl methyl sites for hydroxylation is 1. The van der Waals surface area contributed by atoms with Crippen molar-refractivity contribution < 1.29 is 0 Å². The summed E-state index contributed by atoms with van der Waals surface area (Å²) in [5.41, 5.74) is 7.94. The van der Waals surface area contributed by atoms with E-state index in [4.69, 9.17) is 10.7 Å². The van der Waals surface area contributed by atoms with E-state index in [1.165, 1.54) is 32.1 Å². The third-order valence-corrected chi connectivity index (χ3v) is 4.27. The molecule has 2 heterocycles. The zero-order chi connectivity index (χ0) is 13.7. The predicted octanol–water partition coefficient (Wildman–Crippen LogP) is 3.26. The van der Waals surface area contributed by atoms with Crippen molar-refractivity contribution in [1.29, 1.82) is 0 Å². The largest absolute Gasteiger partial charge is 0.357 e. The fourth-order valence-electron chi connectivity index (χ4n) is 3.06. The van der Waals surface area contributed by atoms with E-state index >= 15 is 0 Å². The third-order valence-electron chi connectivity index (χ3n) is 4.27. The van der Waals surface area contributed by atoms with Gasteiger partial charge in [0.2, 0.25) is 0 Å². The first-order valence-electron chi connectivity index (χ1n) is 7.66. The van der Waals surface area contributed by atoms with E-state index in [0.29, 0.717) is 6.54 Å². The summed E-state index contributed by atoms with van der Waals surface area (Å²) in [5, 5.41) is 0. The lowest BCUT2D eigenvalue weighted by molar-refractivity contribution is 0.435. The summed E-state index contributed by atoms with van der Waals surface area (Å²) in [5.74, 6) is 2.05. The lowest BCUT2D eigenvalue weighted by atomic mass is 9.96. The van der Waals surface area contributed by atoms with Crippen LogP contribution in [0.4, 0.5) is 5.82 Å². The molecular formula is C16H27N3. The molecule has 2 rings (SSSR count). The topological polar surface area (TPSA) is 42.1 Å². The van der Waals surface area contributed by atoms with Gasteiger partial charge in [-0.25, -0.2) is 4.98 Å². The van der Waals surface area contributed by atoms with Crippen LogP contribution < -0.4 is 10.6 Å². The van der Waals surface area contributed by atoms with Crippen molar-refractivity contribution >= 4 is 5.82 Å². The molecule has 1 aliphatic heterocycles. The summed E-state index contributed by atoms with van der Waals surface area (Å²) < 4.78 is 0. The van der Waals surface area contributed by atoms with Crippen LogP contribution in [0.3, 0.4) is 0 Å². The highest BCUT2D eigenvalue weighted by molar-refractivity contribution is 5.41. The quantitative estimate of drug-likeness (QED) is 0.904. The number of pyridine rings is 1. The Morgan fingerprint density at radius 3 is 2.84 bits per heavy atom. The SMILES string of the molecule is CCCC1CCCN(c2ccc(CN)c(C)n2)CC1. The molecule has 1 saturated heterocycles. The van der Waals surface area contributed by atoms with Crippen LogP contribution in [0, 0.1) is 12.8 Å². The summed E-state index contributed by atoms with van der Waals surface area (Å²) in [7, 11) is 0. The van der Waals surface area contributed by atoms with Gasteiger partial charge < -0.3 is 10.6 Å². The van der Waals surface area contributed by atoms with Crippen molar-refractivity contribution in [3.63, 3.8) is 0 Å². The van der Waals surface area contributed by atoms with Crippen molar-refractivity contribution in [3.8, 4) is 0 Å². The molecule has 1 aliphatic rings. The molecule has 0 bridgehead atoms. The highest BCUT2D eigenvalue weighted by Crippen LogP contribution is 2.25. The van der Waals surface area contributed by atoms with E-state index in [1.54, 1.807) is 0 Å². The van der Waals surface area contributed by atoms with Crippen molar-refractivity contribution in [1.82, 2.24) is 4.98 Å². The smallest absolute Gasteiger partial charge is 0.128 e. The van der Waals surface area contributed by atoms with Gasteiger partial charge in [0.15, 0.2) is 0 Å². The molecule has 1 fully saturated rings. The van der Waals surface area contributed by atoms with E-state index in [0.717, 1.165) is 36.1 Å². The molecule has 0 radical (unpaired) electrons. The van der Waals surface area contributed by atoms with Gasteiger partial charge >= 0.3 is 0 Å². The molecule has 1 aromatic rings. The second-order valence-corrected chi connectivity index (χ2v) is 5.69. The number of hydrogen-bond donors (Lipinski definition) is 1. The highest BCUT2D eigenvalue weighted by Gasteiger charge is 2.17. The van der Waals surface area contributed by atoms with Gasteiger partial charge in [-0.15, -0.1) is 0 Å². The number of nitrogens with zero attached hydrogens (tertiary/aromatic N) is 2. The number of rotatable bonds is 4. The minimum atomic E-state index is 0.581. The minimum Gasteiger partial charge on any atom is -0.357 e. The van der Waals surface area contributed by atoms with Crippen LogP contribution >= 0.6 is 0 Å². The van der Waals surface area contributed by atoms with Crippen LogP contribution in [0.1, 0.15) is 50.3 Å². The van der Waals surface area contributed by atoms with Gasteiger partial charge in [-0.1, -0.05) is 25.8 Å². The Bertz CT molecular complexity index is 403. The maximum Gasteiger partial charge on any atom is 0.128 e. The highest BCUT2D eigenvalue weighted by atomic mass is 15.2. The Morgan fingerprint density at radius 2 is 2.16 bits per heavy atom. The van der Waals surface area contributed by atoms with Gasteiger partial charge in [0.25, 0.3) is 0 Å². The number of aromatic nitrogens is 1. The molecule has 19 heavy (non-hydrogen) atoms. The second-order valence-electron chi connectivity index (χ2n) is 5.69. The number of nitrogens with two attached hydrogens (primary N) is 1. The van der Waals surface area contributed by atoms with E-state index in [9.17, 15) is 0 Å². The van der Waals surface area contributed by atoms with E-state index in [-0.39, 0.29) is 0 Å². The Labute approximate surface area is 117 Å². The normalized spacial score (nSPS) is 20.4. The van der Waals surface area contributed by atoms with Crippen LogP contribution in [0.2, 0.25) is 0 Å². The monoisotopic (exact) mass is 261 g/mol. The Balaban J connectivity index is 2.03. The summed E-state index contributed by atoms with van der Waals surface area (Å²) in [6.07, 6.45) is 6.68. The minimum absolute atomic E-state index is 0.581. The van der Waals surface area contributed by atoms with Crippen LogP contribution in [-0.4, -0.2) is 18.1 Å². The van der Waals surface area contributed by atoms with Gasteiger partial charge in [-0.3, -0.25) is 0 Å². The average molecular weight is 261 g/mol. The molecule has 3 nitrogen and oxygen atoms in total. The zero-order valence-electron chi connectivity index (χ0n) is 12.4. The average Bonchev–Trinajstić information content (AvgIpc) is 2.65. The van der Waals surface area contributed by atoms with Gasteiger partial charge in [-0.2, -0.15) is 0 Å². The molecule has 0 aromatic carbocycles. The molecule has 0 amide bonds. The van der Waals surface area contributed by atoms with Gasteiger partial charge in [0.1, 0.15) is 5.82 Å². The first kappa shape index (κ1) is 14.3. The third kappa shape index (κ3) is 3.69. The molecular weight excluding hydrogens is 234 g/mol. The molecule has 0 aliphatic carbocycles. The fourth-order valence-corrected chi connectivity index (χ4v) is 3.06. The summed E-state index contributed by atoms with van der Waals surface area (Å²) in [6, 6.07) is 4.27. The standard InChI is InChI=1S/C16H27N3/c1-3-5-14-6-4-10-19(11-9-14)16-8-7-15(12-17)13(2)18-16/h7-8,14H,3-6,9-12,17H2,1-2H3. The van der Waals surface area contributed by atoms with Crippen LogP contribution in [0.25, 0.3) is 0 Å². The van der Waals surface area contributed by atoms with Crippen molar-refractivity contribution in [3.05, 3.63) is 23.4 Å². The Kier molecular flexibility index (Phi) is 5.20. The lowest BCUT2D eigenvalue weighted by Gasteiger charge is -2.22. The molecule has 2 N–H and O–H groups in total. The first-order chi connectivity index (χ1) is 9.24. The van der Waals surface area contributed by atoms with Crippen molar-refractivity contribution in [2.45, 2.75) is 52.5 Å². The van der Waals surface area contributed by atoms with E-state index in [1.807, 2.05) is 0 Å². The van der Waals surface area contributed by atoms with Crippen LogP contribution in [0.5, 0.6) is 0 Å². The molecule has 1 atom stereocenters. The fraction of sp³-hybridized carbons (Fsp3) is 0.688. The van der Waals surface area contributed by atoms with E-state index in [2.05, 4.69) is 30.9 Å². The van der Waals surface area contributed by atoms with Crippen molar-refractivity contribution in [2.75, 3.05) is 18.0 Å². The Morgan fingerprint density at radius 1 is 1.32 bits per heavy atom. The number of hydrogen-bond acceptors (Lipinski definition) is 3. The zero-order valence-corrected chi connectivity index (χ0v) is 12.4. The lowest BCUT2D eigenvalue weighted by Crippen LogP contribution is -2.25. The maximum absolute atomic E-state index is 5.70. The second kappa shape index (κ2) is 6.90. The molecule has 3 heteroatoms. The number of anilines is 1. The van der Waals surface area contributed by atoms with Crippen molar-refractivity contribution in [2.24, 2.45) is 11.7 Å². The maximum atomic E-state index is 5.70. The summed E-state index contributed by atoms with van der Waals surface area (Å²) in [6.45, 7) is 7.23. The van der Waals surface area contributed by atoms with Gasteiger partial charge in [-0.05, 0) is 43.7 Å². The molecule has 1 unspecified atom stereocenters. The van der Waals surface area contributed by atoms with Crippen LogP contribution in [-0.2, 0) is 6.54 Å². The molecule has 0 spiro atoms.